The molecule has 1 aliphatic heterocycles. The van der Waals surface area contributed by atoms with Gasteiger partial charge in [-0.25, -0.2) is 4.98 Å². The van der Waals surface area contributed by atoms with Gasteiger partial charge in [0.2, 0.25) is 0 Å². The molecule has 5 heteroatoms. The molecule has 0 aliphatic carbocycles. The maximum Gasteiger partial charge on any atom is 0.265 e. The first-order chi connectivity index (χ1) is 11.9. The van der Waals surface area contributed by atoms with Crippen molar-refractivity contribution in [3.63, 3.8) is 0 Å². The number of nitrogens with zero attached hydrogens (tertiary/aromatic N) is 3. The molecule has 0 bridgehead atoms. The first-order valence-corrected chi connectivity index (χ1v) is 9.73. The smallest absolute Gasteiger partial charge is 0.265 e. The van der Waals surface area contributed by atoms with Crippen LogP contribution < -0.4 is 0 Å². The molecule has 1 aromatic carbocycles. The number of hydrogen-bond donors (Lipinski definition) is 0. The van der Waals surface area contributed by atoms with Gasteiger partial charge in [0.25, 0.3) is 5.91 Å². The van der Waals surface area contributed by atoms with E-state index in [0.717, 1.165) is 41.8 Å². The minimum Gasteiger partial charge on any atom is -0.335 e. The van der Waals surface area contributed by atoms with Crippen LogP contribution in [0.3, 0.4) is 0 Å². The van der Waals surface area contributed by atoms with E-state index in [0.29, 0.717) is 6.04 Å². The first-order valence-electron chi connectivity index (χ1n) is 8.91. The molecule has 3 rings (SSSR count). The summed E-state index contributed by atoms with van der Waals surface area (Å²) in [5.74, 6) is 0.141. The van der Waals surface area contributed by atoms with Crippen molar-refractivity contribution in [2.45, 2.75) is 40.7 Å². The summed E-state index contributed by atoms with van der Waals surface area (Å²) in [7, 11) is 0. The number of aromatic nitrogens is 1. The maximum absolute atomic E-state index is 12.7. The third-order valence-electron chi connectivity index (χ3n) is 5.12. The molecule has 1 aliphatic rings. The van der Waals surface area contributed by atoms with Crippen molar-refractivity contribution in [3.8, 4) is 0 Å². The zero-order chi connectivity index (χ0) is 18.1. The Morgan fingerprint density at radius 2 is 1.80 bits per heavy atom. The highest BCUT2D eigenvalue weighted by Gasteiger charge is 2.27. The van der Waals surface area contributed by atoms with Crippen molar-refractivity contribution < 1.29 is 4.79 Å². The monoisotopic (exact) mass is 357 g/mol. The predicted octanol–water partition coefficient (Wildman–Crippen LogP) is 3.90. The van der Waals surface area contributed by atoms with Crippen LogP contribution in [0.15, 0.2) is 18.2 Å². The summed E-state index contributed by atoms with van der Waals surface area (Å²) >= 11 is 1.51. The lowest BCUT2D eigenvalue weighted by molar-refractivity contribution is 0.0585. The molecule has 0 saturated carbocycles. The zero-order valence-corrected chi connectivity index (χ0v) is 16.6. The van der Waals surface area contributed by atoms with Crippen molar-refractivity contribution in [2.75, 3.05) is 26.2 Å². The van der Waals surface area contributed by atoms with Crippen LogP contribution in [0.1, 0.15) is 50.0 Å². The van der Waals surface area contributed by atoms with Gasteiger partial charge in [0.05, 0.1) is 10.7 Å². The fourth-order valence-corrected chi connectivity index (χ4v) is 4.56. The number of amides is 1. The van der Waals surface area contributed by atoms with E-state index in [9.17, 15) is 4.79 Å². The summed E-state index contributed by atoms with van der Waals surface area (Å²) in [4.78, 5) is 22.4. The number of hydrogen-bond acceptors (Lipinski definition) is 4. The molecule has 25 heavy (non-hydrogen) atoms. The molecule has 1 atom stereocenters. The predicted molar refractivity (Wildman–Crippen MR) is 103 cm³/mol. The van der Waals surface area contributed by atoms with Crippen molar-refractivity contribution in [3.05, 3.63) is 50.5 Å². The highest BCUT2D eigenvalue weighted by atomic mass is 32.1. The number of carbonyl (C=O) groups excluding carboxylic acids is 1. The van der Waals surface area contributed by atoms with Gasteiger partial charge in [-0.3, -0.25) is 9.69 Å². The summed E-state index contributed by atoms with van der Waals surface area (Å²) in [6, 6.07) is 7.06. The largest absolute Gasteiger partial charge is 0.335 e. The van der Waals surface area contributed by atoms with E-state index in [1.807, 2.05) is 18.7 Å². The number of piperazine rings is 1. The van der Waals surface area contributed by atoms with Crippen LogP contribution in [-0.2, 0) is 0 Å². The Hall–Kier alpha value is -1.72. The van der Waals surface area contributed by atoms with Gasteiger partial charge in [-0.1, -0.05) is 23.8 Å². The summed E-state index contributed by atoms with van der Waals surface area (Å²) in [5, 5.41) is 0.961. The zero-order valence-electron chi connectivity index (χ0n) is 15.8. The summed E-state index contributed by atoms with van der Waals surface area (Å²) < 4.78 is 0. The van der Waals surface area contributed by atoms with E-state index in [1.54, 1.807) is 0 Å². The van der Waals surface area contributed by atoms with Crippen molar-refractivity contribution >= 4 is 17.2 Å². The fraction of sp³-hybridized carbons (Fsp3) is 0.500. The Labute approximate surface area is 154 Å². The average Bonchev–Trinajstić information content (AvgIpc) is 2.92. The van der Waals surface area contributed by atoms with Crippen LogP contribution >= 0.6 is 11.3 Å². The van der Waals surface area contributed by atoms with Crippen molar-refractivity contribution in [2.24, 2.45) is 0 Å². The Balaban J connectivity index is 1.65. The molecule has 2 aromatic rings. The van der Waals surface area contributed by atoms with Crippen LogP contribution in [0.4, 0.5) is 0 Å². The van der Waals surface area contributed by atoms with E-state index in [1.165, 1.54) is 28.0 Å². The molecule has 1 fully saturated rings. The van der Waals surface area contributed by atoms with Gasteiger partial charge in [-0.2, -0.15) is 0 Å². The van der Waals surface area contributed by atoms with Gasteiger partial charge >= 0.3 is 0 Å². The van der Waals surface area contributed by atoms with Gasteiger partial charge in [0.1, 0.15) is 4.88 Å². The molecule has 2 heterocycles. The van der Waals surface area contributed by atoms with Gasteiger partial charge in [-0.15, -0.1) is 11.3 Å². The Bertz CT molecular complexity index is 775. The van der Waals surface area contributed by atoms with E-state index >= 15 is 0 Å². The van der Waals surface area contributed by atoms with Gasteiger partial charge < -0.3 is 4.90 Å². The molecule has 0 radical (unpaired) electrons. The Morgan fingerprint density at radius 3 is 2.36 bits per heavy atom. The Kier molecular flexibility index (Phi) is 5.25. The maximum atomic E-state index is 12.7. The van der Waals surface area contributed by atoms with Gasteiger partial charge in [0.15, 0.2) is 0 Å². The van der Waals surface area contributed by atoms with Crippen LogP contribution in [-0.4, -0.2) is 46.9 Å². The molecule has 1 unspecified atom stereocenters. The summed E-state index contributed by atoms with van der Waals surface area (Å²) in [5.41, 5.74) is 4.90. The highest BCUT2D eigenvalue weighted by Crippen LogP contribution is 2.26. The summed E-state index contributed by atoms with van der Waals surface area (Å²) in [6.07, 6.45) is 0. The van der Waals surface area contributed by atoms with Gasteiger partial charge in [0, 0.05) is 32.2 Å². The van der Waals surface area contributed by atoms with E-state index in [4.69, 9.17) is 0 Å². The molecule has 0 N–H and O–H groups in total. The normalized spacial score (nSPS) is 16.9. The van der Waals surface area contributed by atoms with Crippen molar-refractivity contribution in [1.82, 2.24) is 14.8 Å². The lowest BCUT2D eigenvalue weighted by Gasteiger charge is -2.38. The second kappa shape index (κ2) is 7.26. The molecule has 4 nitrogen and oxygen atoms in total. The number of benzene rings is 1. The third-order valence-corrected chi connectivity index (χ3v) is 6.18. The van der Waals surface area contributed by atoms with E-state index < -0.39 is 0 Å². The average molecular weight is 358 g/mol. The number of carbonyl (C=O) groups is 1. The highest BCUT2D eigenvalue weighted by molar-refractivity contribution is 7.13. The molecule has 1 aromatic heterocycles. The molecular formula is C20H27N3OS. The van der Waals surface area contributed by atoms with Crippen LogP contribution in [0.2, 0.25) is 0 Å². The second-order valence-corrected chi connectivity index (χ2v) is 8.21. The third kappa shape index (κ3) is 3.77. The number of aryl methyl sites for hydroxylation is 4. The topological polar surface area (TPSA) is 36.4 Å². The van der Waals surface area contributed by atoms with Gasteiger partial charge in [-0.05, 0) is 45.7 Å². The van der Waals surface area contributed by atoms with E-state index in [-0.39, 0.29) is 5.91 Å². The minimum absolute atomic E-state index is 0.141. The molecule has 1 amide bonds. The van der Waals surface area contributed by atoms with Crippen LogP contribution in [0.5, 0.6) is 0 Å². The summed E-state index contributed by atoms with van der Waals surface area (Å²) in [6.45, 7) is 13.9. The number of thiazole rings is 1. The standard InChI is InChI=1S/C20H27N3OS/c1-13-6-7-18(14(2)12-13)16(4)22-8-10-23(11-9-22)20(24)19-15(3)21-17(5)25-19/h6-7,12,16H,8-11H2,1-5H3. The first kappa shape index (κ1) is 18.1. The van der Waals surface area contributed by atoms with Crippen molar-refractivity contribution in [1.29, 1.82) is 0 Å². The second-order valence-electron chi connectivity index (χ2n) is 7.01. The lowest BCUT2D eigenvalue weighted by atomic mass is 9.99. The van der Waals surface area contributed by atoms with Crippen LogP contribution in [0.25, 0.3) is 0 Å². The molecule has 1 saturated heterocycles. The minimum atomic E-state index is 0.141. The molecular weight excluding hydrogens is 330 g/mol. The SMILES string of the molecule is Cc1ccc(C(C)N2CCN(C(=O)c3sc(C)nc3C)CC2)c(C)c1. The van der Waals surface area contributed by atoms with E-state index in [2.05, 4.69) is 48.9 Å². The molecule has 134 valence electrons. The fourth-order valence-electron chi connectivity index (χ4n) is 3.68. The quantitative estimate of drug-likeness (QED) is 0.836. The Morgan fingerprint density at radius 1 is 1.12 bits per heavy atom. The molecule has 0 spiro atoms. The van der Waals surface area contributed by atoms with Crippen LogP contribution in [0, 0.1) is 27.7 Å². The number of rotatable bonds is 3. The lowest BCUT2D eigenvalue weighted by Crippen LogP contribution is -2.49.